The van der Waals surface area contributed by atoms with Gasteiger partial charge >= 0.3 is 5.97 Å². The maximum Gasteiger partial charge on any atom is 0.341 e. The van der Waals surface area contributed by atoms with E-state index in [9.17, 15) is 40.2 Å². The average Bonchev–Trinajstić information content (AvgIpc) is 3.18. The number of hydrogen-bond acceptors (Lipinski definition) is 14. The van der Waals surface area contributed by atoms with Crippen LogP contribution < -0.4 is 5.43 Å². The number of rotatable bonds is 7. The molecular weight excluding hydrogens is 540 g/mol. The molecule has 40 heavy (non-hydrogen) atoms. The number of carboxylic acids is 1. The van der Waals surface area contributed by atoms with E-state index in [0.717, 1.165) is 5.69 Å². The molecule has 2 aromatic heterocycles. The van der Waals surface area contributed by atoms with Crippen molar-refractivity contribution in [2.24, 2.45) is 0 Å². The van der Waals surface area contributed by atoms with Gasteiger partial charge < -0.3 is 64.7 Å². The van der Waals surface area contributed by atoms with E-state index in [1.165, 1.54) is 6.20 Å². The Hall–Kier alpha value is -2.61. The predicted molar refractivity (Wildman–Crippen MR) is 132 cm³/mol. The van der Waals surface area contributed by atoms with Gasteiger partial charge in [-0.2, -0.15) is 0 Å². The highest BCUT2D eigenvalue weighted by molar-refractivity contribution is 5.91. The Morgan fingerprint density at radius 1 is 1.02 bits per heavy atom. The molecule has 0 bridgehead atoms. The van der Waals surface area contributed by atoms with Crippen molar-refractivity contribution in [2.75, 3.05) is 19.8 Å². The smallest absolute Gasteiger partial charge is 0.341 e. The number of ether oxygens (including phenoxy) is 3. The molecule has 16 heteroatoms. The number of aliphatic hydroxyl groups excluding tert-OH is 8. The van der Waals surface area contributed by atoms with Crippen molar-refractivity contribution >= 4 is 17.0 Å². The number of aryl methyl sites for hydroxylation is 2. The molecular formula is C24H34N2O14. The van der Waals surface area contributed by atoms with Crippen LogP contribution in [0.3, 0.4) is 0 Å². The lowest BCUT2D eigenvalue weighted by molar-refractivity contribution is -0.383. The number of carbonyl (C=O) groups is 1. The Labute approximate surface area is 226 Å². The molecule has 0 unspecified atom stereocenters. The van der Waals surface area contributed by atoms with Gasteiger partial charge in [0, 0.05) is 18.4 Å². The second kappa shape index (κ2) is 12.9. The third-order valence-corrected chi connectivity index (χ3v) is 6.70. The quantitative estimate of drug-likeness (QED) is 0.153. The van der Waals surface area contributed by atoms with E-state index in [2.05, 4.69) is 4.98 Å². The van der Waals surface area contributed by atoms with Crippen LogP contribution >= 0.6 is 0 Å². The summed E-state index contributed by atoms with van der Waals surface area (Å²) in [5, 5.41) is 86.0. The molecule has 2 aliphatic rings. The first kappa shape index (κ1) is 31.9. The van der Waals surface area contributed by atoms with Gasteiger partial charge in [-0.25, -0.2) is 9.78 Å². The van der Waals surface area contributed by atoms with Crippen LogP contribution in [0.5, 0.6) is 0 Å². The third-order valence-electron chi connectivity index (χ3n) is 6.70. The van der Waals surface area contributed by atoms with Crippen LogP contribution in [0.4, 0.5) is 0 Å². The fourth-order valence-electron chi connectivity index (χ4n) is 4.38. The van der Waals surface area contributed by atoms with Crippen molar-refractivity contribution in [3.8, 4) is 0 Å². The highest BCUT2D eigenvalue weighted by Crippen LogP contribution is 2.35. The van der Waals surface area contributed by atoms with Crippen LogP contribution in [-0.4, -0.2) is 136 Å². The molecule has 2 saturated heterocycles. The average molecular weight is 575 g/mol. The predicted octanol–water partition coefficient (Wildman–Crippen LogP) is -3.97. The lowest BCUT2D eigenvalue weighted by Gasteiger charge is -2.43. The minimum atomic E-state index is -2.22. The summed E-state index contributed by atoms with van der Waals surface area (Å²) in [5.41, 5.74) is 0.624. The molecule has 2 aromatic rings. The van der Waals surface area contributed by atoms with Crippen LogP contribution in [0.25, 0.3) is 11.0 Å². The molecule has 0 aliphatic carbocycles. The molecule has 9 atom stereocenters. The van der Waals surface area contributed by atoms with Gasteiger partial charge in [0.25, 0.3) is 0 Å². The van der Waals surface area contributed by atoms with E-state index in [1.54, 1.807) is 16.7 Å². The first-order chi connectivity index (χ1) is 18.8. The zero-order chi connectivity index (χ0) is 29.9. The maximum absolute atomic E-state index is 11.9. The molecule has 0 amide bonds. The number of hydrogen-bond donors (Lipinski definition) is 9. The van der Waals surface area contributed by atoms with Crippen molar-refractivity contribution in [1.82, 2.24) is 9.55 Å². The van der Waals surface area contributed by atoms with Gasteiger partial charge in [0.1, 0.15) is 60.5 Å². The molecule has 0 saturated carbocycles. The zero-order valence-electron chi connectivity index (χ0n) is 21.6. The van der Waals surface area contributed by atoms with Crippen LogP contribution in [0.2, 0.25) is 0 Å². The SMILES string of the molecule is CCn1cc(C(=O)O)c(=O)c2ccc(C)nc21.OC[C@H]1O[C@@](CO)(O[C@H]2O[C@H](CO)[C@@H](O)[C@H](O)[C@H]2O)[C@@H](O)[C@@H]1O. The number of aromatic nitrogens is 2. The summed E-state index contributed by atoms with van der Waals surface area (Å²) in [6, 6.07) is 3.33. The molecule has 2 fully saturated rings. The first-order valence-electron chi connectivity index (χ1n) is 12.3. The highest BCUT2D eigenvalue weighted by atomic mass is 16.8. The Morgan fingerprint density at radius 3 is 2.20 bits per heavy atom. The lowest BCUT2D eigenvalue weighted by Crippen LogP contribution is -2.62. The van der Waals surface area contributed by atoms with Crippen LogP contribution in [0.1, 0.15) is 23.0 Å². The zero-order valence-corrected chi connectivity index (χ0v) is 21.6. The number of carboxylic acid groups (broad SMARTS) is 1. The topological polar surface area (TPSA) is 262 Å². The summed E-state index contributed by atoms with van der Waals surface area (Å²) < 4.78 is 17.1. The van der Waals surface area contributed by atoms with Gasteiger partial charge in [0.2, 0.25) is 11.2 Å². The first-order valence-corrected chi connectivity index (χ1v) is 12.3. The van der Waals surface area contributed by atoms with Gasteiger partial charge in [-0.1, -0.05) is 0 Å². The summed E-state index contributed by atoms with van der Waals surface area (Å²) in [6.45, 7) is 1.94. The second-order valence-corrected chi connectivity index (χ2v) is 9.35. The molecule has 9 N–H and O–H groups in total. The van der Waals surface area contributed by atoms with E-state index >= 15 is 0 Å². The Balaban J connectivity index is 0.000000230. The Bertz CT molecular complexity index is 1240. The van der Waals surface area contributed by atoms with Gasteiger partial charge in [0.05, 0.1) is 18.6 Å². The highest BCUT2D eigenvalue weighted by Gasteiger charge is 2.58. The molecule has 4 rings (SSSR count). The normalized spacial score (nSPS) is 34.0. The number of aromatic carboxylic acids is 1. The largest absolute Gasteiger partial charge is 0.477 e. The number of pyridine rings is 2. The second-order valence-electron chi connectivity index (χ2n) is 9.35. The minimum Gasteiger partial charge on any atom is -0.477 e. The molecule has 4 heterocycles. The number of nitrogens with zero attached hydrogens (tertiary/aromatic N) is 2. The van der Waals surface area contributed by atoms with Gasteiger partial charge in [-0.15, -0.1) is 0 Å². The van der Waals surface area contributed by atoms with E-state index in [0.29, 0.717) is 17.6 Å². The fourth-order valence-corrected chi connectivity index (χ4v) is 4.38. The van der Waals surface area contributed by atoms with Crippen LogP contribution in [0, 0.1) is 6.92 Å². The van der Waals surface area contributed by atoms with E-state index in [4.69, 9.17) is 29.5 Å². The molecule has 16 nitrogen and oxygen atoms in total. The fraction of sp³-hybridized carbons (Fsp3) is 0.625. The van der Waals surface area contributed by atoms with Crippen molar-refractivity contribution in [1.29, 1.82) is 0 Å². The van der Waals surface area contributed by atoms with Crippen LogP contribution in [0.15, 0.2) is 23.1 Å². The molecule has 224 valence electrons. The van der Waals surface area contributed by atoms with Crippen molar-refractivity contribution in [3.63, 3.8) is 0 Å². The summed E-state index contributed by atoms with van der Waals surface area (Å²) in [7, 11) is 0. The Morgan fingerprint density at radius 2 is 1.68 bits per heavy atom. The summed E-state index contributed by atoms with van der Waals surface area (Å²) in [4.78, 5) is 27.2. The number of fused-ring (bicyclic) bond motifs is 1. The summed E-state index contributed by atoms with van der Waals surface area (Å²) in [6.07, 6.45) is -11.3. The van der Waals surface area contributed by atoms with Crippen molar-refractivity contribution in [2.45, 2.75) is 75.2 Å². The third kappa shape index (κ3) is 6.02. The molecule has 0 spiro atoms. The molecule has 2 aliphatic heterocycles. The molecule has 0 radical (unpaired) electrons. The van der Waals surface area contributed by atoms with Crippen LogP contribution in [-0.2, 0) is 20.8 Å². The number of aliphatic hydroxyl groups is 8. The van der Waals surface area contributed by atoms with E-state index < -0.39 is 86.0 Å². The minimum absolute atomic E-state index is 0.218. The molecule has 0 aromatic carbocycles. The maximum atomic E-state index is 11.9. The van der Waals surface area contributed by atoms with Crippen molar-refractivity contribution in [3.05, 3.63) is 39.8 Å². The summed E-state index contributed by atoms with van der Waals surface area (Å²) in [5.74, 6) is -3.43. The van der Waals surface area contributed by atoms with E-state index in [-0.39, 0.29) is 5.56 Å². The lowest BCUT2D eigenvalue weighted by atomic mass is 9.99. The monoisotopic (exact) mass is 574 g/mol. The van der Waals surface area contributed by atoms with Crippen molar-refractivity contribution < 1.29 is 65.0 Å². The standard InChI is InChI=1S/C12H12N2O3.C12H22O11/c1-3-14-6-9(12(16)17)10(15)8-5-4-7(2)13-11(8)14;13-1-4-6(16)8(18)9(19)11(21-4)23-12(3-15)10(20)7(17)5(2-14)22-12/h4-6H,3H2,1-2H3,(H,16,17);4-11,13-20H,1-3H2/t;4-,5-,6-,7-,8+,9-,10+,11-,12+/m.1/s1. The summed E-state index contributed by atoms with van der Waals surface area (Å²) >= 11 is 0. The van der Waals surface area contributed by atoms with Gasteiger partial charge in [0.15, 0.2) is 6.29 Å². The van der Waals surface area contributed by atoms with Gasteiger partial charge in [-0.05, 0) is 26.0 Å². The van der Waals surface area contributed by atoms with Gasteiger partial charge in [-0.3, -0.25) is 4.79 Å². The Kier molecular flexibility index (Phi) is 10.3. The van der Waals surface area contributed by atoms with E-state index in [1.807, 2.05) is 13.8 Å².